The van der Waals surface area contributed by atoms with Crippen molar-refractivity contribution in [3.63, 3.8) is 0 Å². The number of nitrogens with zero attached hydrogens (tertiary/aromatic N) is 3. The van der Waals surface area contributed by atoms with Gasteiger partial charge in [0.15, 0.2) is 5.13 Å². The average molecular weight is 400 g/mol. The molecule has 2 aromatic heterocycles. The number of nitrogens with one attached hydrogen (secondary N) is 1. The molecule has 1 aliphatic heterocycles. The molecule has 144 valence electrons. The molecule has 0 fully saturated rings. The maximum absolute atomic E-state index is 5.78. The molecule has 29 heavy (non-hydrogen) atoms. The Kier molecular flexibility index (Phi) is 4.30. The molecule has 2 aromatic carbocycles. The fraction of sp³-hybridized carbons (Fsp3) is 0.130. The van der Waals surface area contributed by atoms with E-state index in [4.69, 9.17) is 5.73 Å². The van der Waals surface area contributed by atoms with E-state index < -0.39 is 0 Å². The minimum Gasteiger partial charge on any atom is -0.375 e. The highest BCUT2D eigenvalue weighted by molar-refractivity contribution is 7.18. The Labute approximate surface area is 173 Å². The van der Waals surface area contributed by atoms with Crippen LogP contribution >= 0.6 is 11.3 Å². The number of nitrogen functional groups attached to an aromatic ring is 1. The standard InChI is InChI=1S/C23H21N5S/c1-14(15-3-6-18-12-28(2)13-20(18)7-15)27-22-9-19-8-16(4-5-17(19)10-25-22)21-11-26-23(24)29-21/h3-11H,1,12-13H2,2H3,(H2,24,26)(H,25,27). The van der Waals surface area contributed by atoms with Gasteiger partial charge in [-0.05, 0) is 52.9 Å². The van der Waals surface area contributed by atoms with Gasteiger partial charge in [-0.2, -0.15) is 0 Å². The predicted octanol–water partition coefficient (Wildman–Crippen LogP) is 4.97. The van der Waals surface area contributed by atoms with Crippen molar-refractivity contribution in [1.82, 2.24) is 14.9 Å². The van der Waals surface area contributed by atoms with Gasteiger partial charge in [-0.15, -0.1) is 0 Å². The maximum Gasteiger partial charge on any atom is 0.180 e. The Bertz CT molecular complexity index is 1240. The zero-order chi connectivity index (χ0) is 20.0. The Morgan fingerprint density at radius 3 is 2.72 bits per heavy atom. The zero-order valence-electron chi connectivity index (χ0n) is 16.1. The summed E-state index contributed by atoms with van der Waals surface area (Å²) in [6.07, 6.45) is 3.70. The average Bonchev–Trinajstić information content (AvgIpc) is 3.31. The molecular formula is C23H21N5S. The summed E-state index contributed by atoms with van der Waals surface area (Å²) in [7, 11) is 2.14. The number of nitrogens with two attached hydrogens (primary N) is 1. The fourth-order valence-electron chi connectivity index (χ4n) is 3.76. The monoisotopic (exact) mass is 399 g/mol. The van der Waals surface area contributed by atoms with E-state index in [0.717, 1.165) is 51.4 Å². The van der Waals surface area contributed by atoms with Crippen LogP contribution in [0.5, 0.6) is 0 Å². The van der Waals surface area contributed by atoms with E-state index in [1.165, 1.54) is 22.5 Å². The van der Waals surface area contributed by atoms with Crippen LogP contribution in [-0.4, -0.2) is 21.9 Å². The Balaban J connectivity index is 1.41. The molecule has 4 aromatic rings. The molecule has 0 spiro atoms. The highest BCUT2D eigenvalue weighted by Crippen LogP contribution is 2.31. The van der Waals surface area contributed by atoms with Crippen molar-refractivity contribution in [2.75, 3.05) is 18.1 Å². The predicted molar refractivity (Wildman–Crippen MR) is 122 cm³/mol. The second-order valence-electron chi connectivity index (χ2n) is 7.45. The molecule has 5 nitrogen and oxygen atoms in total. The highest BCUT2D eigenvalue weighted by atomic mass is 32.1. The second-order valence-corrected chi connectivity index (χ2v) is 8.52. The number of thiazole rings is 1. The summed E-state index contributed by atoms with van der Waals surface area (Å²) in [6, 6.07) is 14.9. The third-order valence-electron chi connectivity index (χ3n) is 5.24. The van der Waals surface area contributed by atoms with Gasteiger partial charge < -0.3 is 11.1 Å². The van der Waals surface area contributed by atoms with Crippen LogP contribution in [0, 0.1) is 0 Å². The molecule has 0 amide bonds. The molecule has 5 rings (SSSR count). The van der Waals surface area contributed by atoms with E-state index in [1.807, 2.05) is 12.4 Å². The summed E-state index contributed by atoms with van der Waals surface area (Å²) < 4.78 is 0. The number of fused-ring (bicyclic) bond motifs is 2. The molecule has 0 saturated carbocycles. The number of rotatable bonds is 4. The van der Waals surface area contributed by atoms with Crippen LogP contribution in [0.1, 0.15) is 16.7 Å². The molecule has 3 N–H and O–H groups in total. The van der Waals surface area contributed by atoms with Gasteiger partial charge in [0.2, 0.25) is 0 Å². The van der Waals surface area contributed by atoms with Gasteiger partial charge in [0.1, 0.15) is 5.82 Å². The van der Waals surface area contributed by atoms with Crippen molar-refractivity contribution in [2.24, 2.45) is 0 Å². The van der Waals surface area contributed by atoms with Crippen LogP contribution in [0.15, 0.2) is 61.4 Å². The lowest BCUT2D eigenvalue weighted by Gasteiger charge is -2.11. The van der Waals surface area contributed by atoms with Gasteiger partial charge in [0.25, 0.3) is 0 Å². The van der Waals surface area contributed by atoms with Crippen LogP contribution in [0.2, 0.25) is 0 Å². The number of anilines is 2. The van der Waals surface area contributed by atoms with Crippen LogP contribution in [0.4, 0.5) is 10.9 Å². The van der Waals surface area contributed by atoms with E-state index in [-0.39, 0.29) is 0 Å². The SMILES string of the molecule is C=C(Nc1cc2cc(-c3cnc(N)s3)ccc2cn1)c1ccc2c(c1)CN(C)C2. The molecule has 0 radical (unpaired) electrons. The van der Waals surface area contributed by atoms with Crippen molar-refractivity contribution in [2.45, 2.75) is 13.1 Å². The molecule has 3 heterocycles. The first-order chi connectivity index (χ1) is 14.0. The van der Waals surface area contributed by atoms with Gasteiger partial charge in [0.05, 0.1) is 4.88 Å². The fourth-order valence-corrected chi connectivity index (χ4v) is 4.44. The van der Waals surface area contributed by atoms with E-state index in [2.05, 4.69) is 76.3 Å². The van der Waals surface area contributed by atoms with Crippen LogP contribution < -0.4 is 11.1 Å². The largest absolute Gasteiger partial charge is 0.375 e. The first-order valence-corrected chi connectivity index (χ1v) is 10.2. The Morgan fingerprint density at radius 2 is 1.90 bits per heavy atom. The summed E-state index contributed by atoms with van der Waals surface area (Å²) in [5, 5.41) is 6.14. The number of hydrogen-bond acceptors (Lipinski definition) is 6. The highest BCUT2D eigenvalue weighted by Gasteiger charge is 2.16. The zero-order valence-corrected chi connectivity index (χ0v) is 17.0. The lowest BCUT2D eigenvalue weighted by Crippen LogP contribution is -2.07. The first kappa shape index (κ1) is 17.8. The van der Waals surface area contributed by atoms with Crippen molar-refractivity contribution < 1.29 is 0 Å². The molecule has 1 aliphatic rings. The molecule has 0 unspecified atom stereocenters. The quantitative estimate of drug-likeness (QED) is 0.507. The smallest absolute Gasteiger partial charge is 0.180 e. The van der Waals surface area contributed by atoms with Crippen molar-refractivity contribution >= 4 is 38.8 Å². The molecule has 0 saturated heterocycles. The van der Waals surface area contributed by atoms with Crippen LogP contribution in [0.3, 0.4) is 0 Å². The van der Waals surface area contributed by atoms with E-state index in [0.29, 0.717) is 5.13 Å². The van der Waals surface area contributed by atoms with Crippen molar-refractivity contribution in [1.29, 1.82) is 0 Å². The summed E-state index contributed by atoms with van der Waals surface area (Å²) >= 11 is 1.49. The lowest BCUT2D eigenvalue weighted by atomic mass is 10.0. The van der Waals surface area contributed by atoms with Gasteiger partial charge in [-0.3, -0.25) is 4.90 Å². The Morgan fingerprint density at radius 1 is 1.03 bits per heavy atom. The molecular weight excluding hydrogens is 378 g/mol. The first-order valence-electron chi connectivity index (χ1n) is 9.43. The second kappa shape index (κ2) is 6.99. The Hall–Kier alpha value is -3.22. The molecule has 0 bridgehead atoms. The number of pyridine rings is 1. The summed E-state index contributed by atoms with van der Waals surface area (Å²) in [6.45, 7) is 6.22. The number of benzene rings is 2. The minimum atomic E-state index is 0.578. The third-order valence-corrected chi connectivity index (χ3v) is 6.12. The van der Waals surface area contributed by atoms with Crippen LogP contribution in [-0.2, 0) is 13.1 Å². The third kappa shape index (κ3) is 3.48. The molecule has 0 aliphatic carbocycles. The van der Waals surface area contributed by atoms with Gasteiger partial charge >= 0.3 is 0 Å². The maximum atomic E-state index is 5.78. The summed E-state index contributed by atoms with van der Waals surface area (Å²) in [5.41, 5.74) is 11.6. The van der Waals surface area contributed by atoms with Gasteiger partial charge in [-0.25, -0.2) is 9.97 Å². The normalized spacial score (nSPS) is 13.6. The lowest BCUT2D eigenvalue weighted by molar-refractivity contribution is 0.353. The minimum absolute atomic E-state index is 0.578. The van der Waals surface area contributed by atoms with E-state index in [9.17, 15) is 0 Å². The molecule has 6 heteroatoms. The molecule has 0 atom stereocenters. The van der Waals surface area contributed by atoms with Crippen LogP contribution in [0.25, 0.3) is 26.9 Å². The number of aromatic nitrogens is 2. The number of hydrogen-bond donors (Lipinski definition) is 2. The topological polar surface area (TPSA) is 67.1 Å². The van der Waals surface area contributed by atoms with Gasteiger partial charge in [0, 0.05) is 36.6 Å². The summed E-state index contributed by atoms with van der Waals surface area (Å²) in [4.78, 5) is 12.1. The van der Waals surface area contributed by atoms with E-state index >= 15 is 0 Å². The summed E-state index contributed by atoms with van der Waals surface area (Å²) in [5.74, 6) is 0.779. The van der Waals surface area contributed by atoms with Crippen molar-refractivity contribution in [3.05, 3.63) is 78.1 Å². The van der Waals surface area contributed by atoms with Gasteiger partial charge in [-0.1, -0.05) is 42.2 Å². The van der Waals surface area contributed by atoms with Crippen molar-refractivity contribution in [3.8, 4) is 10.4 Å². The van der Waals surface area contributed by atoms with E-state index in [1.54, 1.807) is 0 Å².